The number of amides is 2. The molecule has 3 N–H and O–H groups in total. The average molecular weight is 294 g/mol. The molecule has 0 spiro atoms. The fourth-order valence-electron chi connectivity index (χ4n) is 2.18. The van der Waals surface area contributed by atoms with Gasteiger partial charge in [0.05, 0.1) is 5.52 Å². The number of fused-ring (bicyclic) bond motifs is 1. The van der Waals surface area contributed by atoms with E-state index in [1.54, 1.807) is 18.2 Å². The van der Waals surface area contributed by atoms with Gasteiger partial charge in [-0.15, -0.1) is 5.11 Å². The summed E-state index contributed by atoms with van der Waals surface area (Å²) >= 11 is 0. The van der Waals surface area contributed by atoms with Gasteiger partial charge in [-0.1, -0.05) is 35.4 Å². The van der Waals surface area contributed by atoms with Gasteiger partial charge in [0.25, 0.3) is 0 Å². The summed E-state index contributed by atoms with van der Waals surface area (Å²) in [5.74, 6) is -0.117. The molecule has 0 aliphatic rings. The second kappa shape index (κ2) is 5.69. The predicted molar refractivity (Wildman–Crippen MR) is 84.7 cm³/mol. The van der Waals surface area contributed by atoms with Crippen LogP contribution in [0.1, 0.15) is 5.56 Å². The third-order valence-electron chi connectivity index (χ3n) is 3.17. The first-order valence-corrected chi connectivity index (χ1v) is 6.72. The molecule has 6 nitrogen and oxygen atoms in total. The number of hydrogen-bond acceptors (Lipinski definition) is 3. The van der Waals surface area contributed by atoms with Crippen molar-refractivity contribution in [1.29, 1.82) is 0 Å². The number of H-pyrrole nitrogens is 1. The van der Waals surface area contributed by atoms with Crippen molar-refractivity contribution in [3.05, 3.63) is 54.1 Å². The smallest absolute Gasteiger partial charge is 0.364 e. The fourth-order valence-corrected chi connectivity index (χ4v) is 2.18. The maximum Gasteiger partial charge on any atom is 0.364 e. The van der Waals surface area contributed by atoms with Crippen LogP contribution < -0.4 is 5.32 Å². The van der Waals surface area contributed by atoms with Crippen LogP contribution in [0.2, 0.25) is 0 Å². The normalized spacial score (nSPS) is 11.1. The molecule has 22 heavy (non-hydrogen) atoms. The monoisotopic (exact) mass is 294 g/mol. The minimum absolute atomic E-state index is 0.117. The molecule has 0 bridgehead atoms. The average Bonchev–Trinajstić information content (AvgIpc) is 2.80. The lowest BCUT2D eigenvalue weighted by atomic mass is 10.2. The van der Waals surface area contributed by atoms with E-state index in [0.29, 0.717) is 11.1 Å². The second-order valence-corrected chi connectivity index (χ2v) is 4.87. The molecule has 3 aromatic rings. The number of aromatic hydroxyl groups is 1. The van der Waals surface area contributed by atoms with Gasteiger partial charge < -0.3 is 15.4 Å². The molecule has 110 valence electrons. The molecule has 0 unspecified atom stereocenters. The Morgan fingerprint density at radius 3 is 2.82 bits per heavy atom. The number of nitrogens with zero attached hydrogens (tertiary/aromatic N) is 2. The van der Waals surface area contributed by atoms with Gasteiger partial charge in [0.2, 0.25) is 5.88 Å². The highest BCUT2D eigenvalue weighted by molar-refractivity contribution is 5.95. The van der Waals surface area contributed by atoms with E-state index in [0.717, 1.165) is 11.1 Å². The van der Waals surface area contributed by atoms with Gasteiger partial charge >= 0.3 is 6.03 Å². The number of aromatic amines is 1. The molecule has 0 saturated heterocycles. The Morgan fingerprint density at radius 2 is 2.00 bits per heavy atom. The van der Waals surface area contributed by atoms with Crippen molar-refractivity contribution in [2.75, 3.05) is 5.32 Å². The highest BCUT2D eigenvalue weighted by atomic mass is 16.3. The molecule has 6 heteroatoms. The lowest BCUT2D eigenvalue weighted by Gasteiger charge is -2.01. The van der Waals surface area contributed by atoms with Gasteiger partial charge in [-0.25, -0.2) is 4.79 Å². The first kappa shape index (κ1) is 13.8. The van der Waals surface area contributed by atoms with Crippen molar-refractivity contribution >= 4 is 28.3 Å². The number of hydrogen-bond donors (Lipinski definition) is 3. The van der Waals surface area contributed by atoms with Gasteiger partial charge in [-0.3, -0.25) is 0 Å². The Kier molecular flexibility index (Phi) is 3.57. The van der Waals surface area contributed by atoms with Crippen molar-refractivity contribution < 1.29 is 9.90 Å². The van der Waals surface area contributed by atoms with Crippen LogP contribution >= 0.6 is 0 Å². The zero-order valence-electron chi connectivity index (χ0n) is 11.9. The van der Waals surface area contributed by atoms with Crippen molar-refractivity contribution in [3.8, 4) is 5.88 Å². The summed E-state index contributed by atoms with van der Waals surface area (Å²) in [6, 6.07) is 14.0. The van der Waals surface area contributed by atoms with Crippen LogP contribution in [-0.4, -0.2) is 16.1 Å². The van der Waals surface area contributed by atoms with Crippen molar-refractivity contribution in [3.63, 3.8) is 0 Å². The molecule has 1 aromatic heterocycles. The SMILES string of the molecule is Cc1cccc(NC(=O)N=Nc2c(O)[nH]c3ccccc23)c1. The number of benzene rings is 2. The standard InChI is InChI=1S/C16H14N4O2/c1-10-5-4-6-11(9-10)17-16(22)20-19-14-12-7-2-3-8-13(12)18-15(14)21/h2-9,18,21H,1H3,(H,17,22). The summed E-state index contributed by atoms with van der Waals surface area (Å²) < 4.78 is 0. The van der Waals surface area contributed by atoms with Crippen LogP contribution in [0.25, 0.3) is 10.9 Å². The molecule has 3 rings (SSSR count). The second-order valence-electron chi connectivity index (χ2n) is 4.87. The summed E-state index contributed by atoms with van der Waals surface area (Å²) in [6.07, 6.45) is 0. The van der Waals surface area contributed by atoms with Crippen LogP contribution in [0.15, 0.2) is 58.8 Å². The summed E-state index contributed by atoms with van der Waals surface area (Å²) in [4.78, 5) is 14.6. The predicted octanol–water partition coefficient (Wildman–Crippen LogP) is 4.50. The third kappa shape index (κ3) is 2.80. The molecule has 1 heterocycles. The number of carbonyl (C=O) groups excluding carboxylic acids is 1. The number of urea groups is 1. The van der Waals surface area contributed by atoms with E-state index in [4.69, 9.17) is 0 Å². The summed E-state index contributed by atoms with van der Waals surface area (Å²) in [6.45, 7) is 1.93. The summed E-state index contributed by atoms with van der Waals surface area (Å²) in [5.41, 5.74) is 2.65. The lowest BCUT2D eigenvalue weighted by Crippen LogP contribution is -2.05. The van der Waals surface area contributed by atoms with E-state index in [1.807, 2.05) is 37.3 Å². The van der Waals surface area contributed by atoms with E-state index in [2.05, 4.69) is 20.5 Å². The molecular formula is C16H14N4O2. The number of aromatic nitrogens is 1. The van der Waals surface area contributed by atoms with Gasteiger partial charge in [-0.05, 0) is 30.7 Å². The zero-order valence-corrected chi connectivity index (χ0v) is 11.9. The minimum atomic E-state index is -0.602. The largest absolute Gasteiger partial charge is 0.493 e. The van der Waals surface area contributed by atoms with Gasteiger partial charge in [0, 0.05) is 11.1 Å². The Bertz CT molecular complexity index is 867. The van der Waals surface area contributed by atoms with Crippen LogP contribution in [-0.2, 0) is 0 Å². The van der Waals surface area contributed by atoms with Crippen LogP contribution in [0.3, 0.4) is 0 Å². The molecule has 0 saturated carbocycles. The quantitative estimate of drug-likeness (QED) is 0.607. The molecule has 0 aliphatic carbocycles. The Labute approximate surface area is 126 Å². The number of para-hydroxylation sites is 1. The van der Waals surface area contributed by atoms with Gasteiger partial charge in [0.15, 0.2) is 5.69 Å². The van der Waals surface area contributed by atoms with Gasteiger partial charge in [0.1, 0.15) is 0 Å². The first-order chi connectivity index (χ1) is 10.6. The molecule has 2 amide bonds. The van der Waals surface area contributed by atoms with Crippen LogP contribution in [0, 0.1) is 6.92 Å². The number of aryl methyl sites for hydroxylation is 1. The Morgan fingerprint density at radius 1 is 1.18 bits per heavy atom. The topological polar surface area (TPSA) is 89.8 Å². The third-order valence-corrected chi connectivity index (χ3v) is 3.17. The molecular weight excluding hydrogens is 280 g/mol. The van der Waals surface area contributed by atoms with E-state index >= 15 is 0 Å². The van der Waals surface area contributed by atoms with Crippen molar-refractivity contribution in [2.45, 2.75) is 6.92 Å². The maximum absolute atomic E-state index is 11.8. The van der Waals surface area contributed by atoms with E-state index < -0.39 is 6.03 Å². The zero-order chi connectivity index (χ0) is 15.5. The van der Waals surface area contributed by atoms with E-state index in [-0.39, 0.29) is 11.6 Å². The van der Waals surface area contributed by atoms with E-state index in [1.165, 1.54) is 0 Å². The number of rotatable bonds is 2. The van der Waals surface area contributed by atoms with Crippen molar-refractivity contribution in [1.82, 2.24) is 4.98 Å². The summed E-state index contributed by atoms with van der Waals surface area (Å²) in [7, 11) is 0. The molecule has 2 aromatic carbocycles. The highest BCUT2D eigenvalue weighted by Gasteiger charge is 2.10. The van der Waals surface area contributed by atoms with Gasteiger partial charge in [-0.2, -0.15) is 0 Å². The van der Waals surface area contributed by atoms with Crippen LogP contribution in [0.5, 0.6) is 5.88 Å². The fraction of sp³-hybridized carbons (Fsp3) is 0.0625. The highest BCUT2D eigenvalue weighted by Crippen LogP contribution is 2.35. The maximum atomic E-state index is 11.8. The number of anilines is 1. The number of carbonyl (C=O) groups is 1. The first-order valence-electron chi connectivity index (χ1n) is 6.72. The van der Waals surface area contributed by atoms with Crippen LogP contribution in [0.4, 0.5) is 16.2 Å². The minimum Gasteiger partial charge on any atom is -0.493 e. The molecule has 0 radical (unpaired) electrons. The molecule has 0 fully saturated rings. The summed E-state index contributed by atoms with van der Waals surface area (Å²) in [5, 5.41) is 20.6. The molecule has 0 atom stereocenters. The Hall–Kier alpha value is -3.15. The van der Waals surface area contributed by atoms with Crippen molar-refractivity contribution in [2.24, 2.45) is 10.2 Å². The molecule has 0 aliphatic heterocycles. The lowest BCUT2D eigenvalue weighted by molar-refractivity contribution is 0.258. The Balaban J connectivity index is 1.81. The van der Waals surface area contributed by atoms with E-state index in [9.17, 15) is 9.90 Å². The number of nitrogens with one attached hydrogen (secondary N) is 2. The number of azo groups is 1.